The first kappa shape index (κ1) is 28.6. The second kappa shape index (κ2) is 12.2. The van der Waals surface area contributed by atoms with E-state index in [-0.39, 0.29) is 31.1 Å². The van der Waals surface area contributed by atoms with Gasteiger partial charge in [-0.2, -0.15) is 0 Å². The fraction of sp³-hybridized carbons (Fsp3) is 0.481. The highest BCUT2D eigenvalue weighted by Crippen LogP contribution is 2.30. The number of imide groups is 1. The fourth-order valence-electron chi connectivity index (χ4n) is 4.87. The number of carbonyl (C=O) groups is 5. The van der Waals surface area contributed by atoms with Crippen molar-refractivity contribution in [2.75, 3.05) is 12.3 Å². The van der Waals surface area contributed by atoms with Gasteiger partial charge in [0.15, 0.2) is 0 Å². The van der Waals surface area contributed by atoms with E-state index in [2.05, 4.69) is 10.2 Å². The average molecular weight is 558 g/mol. The van der Waals surface area contributed by atoms with Crippen LogP contribution in [0.1, 0.15) is 56.6 Å². The van der Waals surface area contributed by atoms with Crippen LogP contribution in [0.3, 0.4) is 0 Å². The SMILES string of the molecule is Cc1c(CC(=O)NCC2CCC(C(=O)OC(C)OC(=O)ON3C(=O)CCC3=O)CC2)c(=O)oc2cc(N)ccc12. The Kier molecular flexibility index (Phi) is 8.70. The van der Waals surface area contributed by atoms with E-state index < -0.39 is 41.8 Å². The number of nitrogens with one attached hydrogen (secondary N) is 1. The number of ether oxygens (including phenoxy) is 2. The second-order valence-electron chi connectivity index (χ2n) is 9.99. The number of aryl methyl sites for hydroxylation is 1. The van der Waals surface area contributed by atoms with Gasteiger partial charge in [-0.25, -0.2) is 9.59 Å². The molecular formula is C27H31N3O10. The maximum Gasteiger partial charge on any atom is 0.537 e. The molecule has 2 heterocycles. The lowest BCUT2D eigenvalue weighted by atomic mass is 9.82. The minimum atomic E-state index is -1.33. The van der Waals surface area contributed by atoms with Crippen molar-refractivity contribution in [1.82, 2.24) is 10.4 Å². The number of nitrogens with two attached hydrogens (primary N) is 1. The Balaban J connectivity index is 1.19. The van der Waals surface area contributed by atoms with Crippen LogP contribution in [0.15, 0.2) is 27.4 Å². The molecule has 1 aromatic carbocycles. The van der Waals surface area contributed by atoms with Crippen molar-refractivity contribution in [3.05, 3.63) is 39.7 Å². The summed E-state index contributed by atoms with van der Waals surface area (Å²) in [5.74, 6) is -2.42. The molecule has 1 saturated carbocycles. The number of hydrogen-bond acceptors (Lipinski definition) is 11. The summed E-state index contributed by atoms with van der Waals surface area (Å²) in [4.78, 5) is 77.0. The Labute approximate surface area is 228 Å². The van der Waals surface area contributed by atoms with Crippen molar-refractivity contribution in [3.63, 3.8) is 0 Å². The van der Waals surface area contributed by atoms with Crippen LogP contribution in [0.25, 0.3) is 11.0 Å². The Morgan fingerprint density at radius 3 is 2.42 bits per heavy atom. The Morgan fingerprint density at radius 1 is 1.07 bits per heavy atom. The molecule has 40 heavy (non-hydrogen) atoms. The standard InChI is InChI=1S/C27H31N3O10/c1-14-19-8-7-18(28)11-21(19)39-26(35)20(14)12-22(31)29-13-16-3-5-17(6-4-16)25(34)37-15(2)38-27(36)40-30-23(32)9-10-24(30)33/h7-8,11,15-17H,3-6,9-10,12-13,28H2,1-2H3,(H,29,31). The van der Waals surface area contributed by atoms with E-state index >= 15 is 0 Å². The van der Waals surface area contributed by atoms with Crippen molar-refractivity contribution < 1.29 is 42.7 Å². The highest BCUT2D eigenvalue weighted by Gasteiger charge is 2.34. The third-order valence-electron chi connectivity index (χ3n) is 7.13. The van der Waals surface area contributed by atoms with Crippen LogP contribution in [0.2, 0.25) is 0 Å². The lowest BCUT2D eigenvalue weighted by Crippen LogP contribution is -2.36. The molecule has 0 radical (unpaired) electrons. The molecule has 1 aliphatic heterocycles. The van der Waals surface area contributed by atoms with E-state index in [4.69, 9.17) is 19.6 Å². The number of rotatable bonds is 8. The van der Waals surface area contributed by atoms with E-state index in [1.54, 1.807) is 25.1 Å². The van der Waals surface area contributed by atoms with Crippen molar-refractivity contribution in [2.24, 2.45) is 11.8 Å². The van der Waals surface area contributed by atoms with E-state index in [0.717, 1.165) is 5.39 Å². The molecule has 1 atom stereocenters. The van der Waals surface area contributed by atoms with Crippen molar-refractivity contribution in [3.8, 4) is 0 Å². The smallest absolute Gasteiger partial charge is 0.425 e. The summed E-state index contributed by atoms with van der Waals surface area (Å²) in [5.41, 5.74) is 6.99. The predicted octanol–water partition coefficient (Wildman–Crippen LogP) is 2.26. The topological polar surface area (TPSA) is 185 Å². The van der Waals surface area contributed by atoms with Gasteiger partial charge < -0.3 is 24.9 Å². The van der Waals surface area contributed by atoms with Crippen LogP contribution in [0.5, 0.6) is 0 Å². The summed E-state index contributed by atoms with van der Waals surface area (Å²) in [6.45, 7) is 3.48. The van der Waals surface area contributed by atoms with Gasteiger partial charge in [0, 0.05) is 43.5 Å². The summed E-state index contributed by atoms with van der Waals surface area (Å²) in [5, 5.41) is 3.92. The normalized spacial score (nSPS) is 19.8. The van der Waals surface area contributed by atoms with Gasteiger partial charge in [0.2, 0.25) is 12.2 Å². The first-order valence-electron chi connectivity index (χ1n) is 13.0. The minimum absolute atomic E-state index is 0.0549. The van der Waals surface area contributed by atoms with Crippen LogP contribution in [0, 0.1) is 18.8 Å². The molecule has 1 saturated heterocycles. The van der Waals surface area contributed by atoms with Crippen LogP contribution in [-0.4, -0.2) is 47.7 Å². The quantitative estimate of drug-likeness (QED) is 0.159. The van der Waals surface area contributed by atoms with Gasteiger partial charge in [-0.1, -0.05) is 5.06 Å². The molecule has 13 heteroatoms. The predicted molar refractivity (Wildman–Crippen MR) is 138 cm³/mol. The minimum Gasteiger partial charge on any atom is -0.425 e. The zero-order valence-corrected chi connectivity index (χ0v) is 22.2. The molecule has 3 amide bonds. The summed E-state index contributed by atoms with van der Waals surface area (Å²) in [6.07, 6.45) is -0.474. The summed E-state index contributed by atoms with van der Waals surface area (Å²) in [6, 6.07) is 5.03. The van der Waals surface area contributed by atoms with Gasteiger partial charge in [-0.15, -0.1) is 0 Å². The molecule has 3 N–H and O–H groups in total. The Morgan fingerprint density at radius 2 is 1.75 bits per heavy atom. The molecule has 2 fully saturated rings. The van der Waals surface area contributed by atoms with Gasteiger partial charge in [-0.05, 0) is 56.2 Å². The van der Waals surface area contributed by atoms with E-state index in [1.807, 2.05) is 0 Å². The molecule has 214 valence electrons. The number of fused-ring (bicyclic) bond motifs is 1. The van der Waals surface area contributed by atoms with Gasteiger partial charge in [-0.3, -0.25) is 24.0 Å². The molecule has 4 rings (SSSR count). The molecular weight excluding hydrogens is 526 g/mol. The number of nitrogens with zero attached hydrogens (tertiary/aromatic N) is 1. The second-order valence-corrected chi connectivity index (χ2v) is 9.99. The first-order chi connectivity index (χ1) is 19.0. The Hall–Kier alpha value is -4.42. The lowest BCUT2D eigenvalue weighted by molar-refractivity contribution is -0.193. The molecule has 0 spiro atoms. The van der Waals surface area contributed by atoms with Gasteiger partial charge >= 0.3 is 17.8 Å². The zero-order chi connectivity index (χ0) is 29.0. The highest BCUT2D eigenvalue weighted by molar-refractivity contribution is 6.01. The summed E-state index contributed by atoms with van der Waals surface area (Å²) >= 11 is 0. The van der Waals surface area contributed by atoms with Crippen LogP contribution >= 0.6 is 0 Å². The maximum absolute atomic E-state index is 12.6. The van der Waals surface area contributed by atoms with Crippen LogP contribution < -0.4 is 16.7 Å². The fourth-order valence-corrected chi connectivity index (χ4v) is 4.87. The number of hydrogen-bond donors (Lipinski definition) is 2. The Bertz CT molecular complexity index is 1380. The largest absolute Gasteiger partial charge is 0.537 e. The molecule has 0 bridgehead atoms. The summed E-state index contributed by atoms with van der Waals surface area (Å²) in [7, 11) is 0. The third kappa shape index (κ3) is 6.77. The average Bonchev–Trinajstić information content (AvgIpc) is 3.21. The monoisotopic (exact) mass is 557 g/mol. The lowest BCUT2D eigenvalue weighted by Gasteiger charge is -2.28. The van der Waals surface area contributed by atoms with Crippen molar-refractivity contribution in [2.45, 2.75) is 65.1 Å². The van der Waals surface area contributed by atoms with Gasteiger partial charge in [0.05, 0.1) is 17.9 Å². The number of anilines is 1. The molecule has 13 nitrogen and oxygen atoms in total. The van der Waals surface area contributed by atoms with Crippen LogP contribution in [0.4, 0.5) is 10.5 Å². The van der Waals surface area contributed by atoms with E-state index in [1.165, 1.54) is 6.92 Å². The highest BCUT2D eigenvalue weighted by atomic mass is 16.9. The summed E-state index contributed by atoms with van der Waals surface area (Å²) < 4.78 is 15.3. The number of esters is 1. The molecule has 2 aromatic rings. The van der Waals surface area contributed by atoms with Gasteiger partial charge in [0.1, 0.15) is 5.58 Å². The maximum atomic E-state index is 12.6. The number of carbonyl (C=O) groups excluding carboxylic acids is 5. The number of hydroxylamine groups is 2. The van der Waals surface area contributed by atoms with Crippen LogP contribution in [-0.2, 0) is 39.9 Å². The van der Waals surface area contributed by atoms with Crippen molar-refractivity contribution >= 4 is 46.5 Å². The molecule has 1 aromatic heterocycles. The molecule has 1 aliphatic carbocycles. The number of amides is 3. The van der Waals surface area contributed by atoms with Gasteiger partial charge in [0.25, 0.3) is 11.8 Å². The van der Waals surface area contributed by atoms with Crippen molar-refractivity contribution in [1.29, 1.82) is 0 Å². The third-order valence-corrected chi connectivity index (χ3v) is 7.13. The first-order valence-corrected chi connectivity index (χ1v) is 13.0. The number of nitrogen functional groups attached to an aromatic ring is 1. The molecule has 2 aliphatic rings. The van der Waals surface area contributed by atoms with E-state index in [9.17, 15) is 28.8 Å². The zero-order valence-electron chi connectivity index (χ0n) is 22.2. The molecule has 1 unspecified atom stereocenters. The van der Waals surface area contributed by atoms with E-state index in [0.29, 0.717) is 59.7 Å². The number of benzene rings is 1.